The van der Waals surface area contributed by atoms with Crippen molar-refractivity contribution >= 4 is 23.7 Å². The van der Waals surface area contributed by atoms with E-state index in [4.69, 9.17) is 5.73 Å². The predicted octanol–water partition coefficient (Wildman–Crippen LogP) is 2.31. The number of hydrogen-bond acceptors (Lipinski definition) is 3. The fraction of sp³-hybridized carbons (Fsp3) is 0.267. The third-order valence-corrected chi connectivity index (χ3v) is 3.23. The lowest BCUT2D eigenvalue weighted by Gasteiger charge is -2.20. The Kier molecular flexibility index (Phi) is 3.71. The van der Waals surface area contributed by atoms with Gasteiger partial charge in [0.1, 0.15) is 0 Å². The van der Waals surface area contributed by atoms with E-state index in [1.165, 1.54) is 0 Å². The van der Waals surface area contributed by atoms with E-state index in [1.54, 1.807) is 24.0 Å². The van der Waals surface area contributed by atoms with Gasteiger partial charge in [-0.05, 0) is 31.1 Å². The lowest BCUT2D eigenvalue weighted by Crippen LogP contribution is -2.34. The third-order valence-electron chi connectivity index (χ3n) is 3.23. The van der Waals surface area contributed by atoms with Crippen LogP contribution in [0.15, 0.2) is 30.5 Å². The van der Waals surface area contributed by atoms with Gasteiger partial charge < -0.3 is 15.7 Å². The lowest BCUT2D eigenvalue weighted by molar-refractivity contribution is -0.118. The molecule has 100 valence electrons. The van der Waals surface area contributed by atoms with Crippen LogP contribution in [-0.2, 0) is 4.79 Å². The van der Waals surface area contributed by atoms with Crippen molar-refractivity contribution < 1.29 is 9.90 Å². The molecule has 0 aliphatic carbocycles. The second-order valence-electron chi connectivity index (χ2n) is 4.65. The van der Waals surface area contributed by atoms with Crippen molar-refractivity contribution in [3.8, 4) is 0 Å². The maximum absolute atomic E-state index is 12.0. The van der Waals surface area contributed by atoms with Gasteiger partial charge in [-0.1, -0.05) is 24.8 Å². The second kappa shape index (κ2) is 5.28. The summed E-state index contributed by atoms with van der Waals surface area (Å²) in [7, 11) is 0. The fourth-order valence-electron chi connectivity index (χ4n) is 2.29. The first kappa shape index (κ1) is 13.4. The van der Waals surface area contributed by atoms with E-state index in [9.17, 15) is 9.90 Å². The standard InChI is InChI=1S/C15H18N2O2/c1-3-11-5-4-6-14(12(11)9-10(2)18)17-8-7-13(16)15(17)19/h3-6,9,13,18H,1,7-8,16H2,2H3/b10-9+. The minimum absolute atomic E-state index is 0.0774. The van der Waals surface area contributed by atoms with Crippen LogP contribution in [0, 0.1) is 0 Å². The fourth-order valence-corrected chi connectivity index (χ4v) is 2.29. The molecule has 4 nitrogen and oxygen atoms in total. The van der Waals surface area contributed by atoms with Gasteiger partial charge in [0.2, 0.25) is 5.91 Å². The van der Waals surface area contributed by atoms with Crippen LogP contribution in [0.5, 0.6) is 0 Å². The molecule has 1 unspecified atom stereocenters. The van der Waals surface area contributed by atoms with Crippen LogP contribution < -0.4 is 10.6 Å². The molecule has 4 heteroatoms. The molecule has 1 amide bonds. The first-order valence-electron chi connectivity index (χ1n) is 6.24. The number of rotatable bonds is 3. The van der Waals surface area contributed by atoms with Crippen LogP contribution in [-0.4, -0.2) is 23.6 Å². The summed E-state index contributed by atoms with van der Waals surface area (Å²) in [4.78, 5) is 13.7. The van der Waals surface area contributed by atoms with Crippen LogP contribution in [0.25, 0.3) is 12.2 Å². The average molecular weight is 258 g/mol. The van der Waals surface area contributed by atoms with Gasteiger partial charge in [0.05, 0.1) is 17.5 Å². The molecule has 1 heterocycles. The summed E-state index contributed by atoms with van der Waals surface area (Å²) in [6, 6.07) is 5.19. The molecule has 1 aromatic carbocycles. The SMILES string of the molecule is C=Cc1cccc(N2CCC(N)C2=O)c1/C=C(\C)O. The van der Waals surface area contributed by atoms with Crippen LogP contribution in [0.3, 0.4) is 0 Å². The molecule has 1 fully saturated rings. The minimum atomic E-state index is -0.431. The highest BCUT2D eigenvalue weighted by Gasteiger charge is 2.30. The van der Waals surface area contributed by atoms with Gasteiger partial charge in [0.25, 0.3) is 0 Å². The summed E-state index contributed by atoms with van der Waals surface area (Å²) in [5.74, 6) is 0.109. The van der Waals surface area contributed by atoms with E-state index in [0.717, 1.165) is 16.8 Å². The molecular weight excluding hydrogens is 240 g/mol. The van der Waals surface area contributed by atoms with Gasteiger partial charge in [0.15, 0.2) is 0 Å². The smallest absolute Gasteiger partial charge is 0.243 e. The number of nitrogens with zero attached hydrogens (tertiary/aromatic N) is 1. The Balaban J connectivity index is 2.54. The number of nitrogens with two attached hydrogens (primary N) is 1. The van der Waals surface area contributed by atoms with Crippen molar-refractivity contribution in [2.24, 2.45) is 5.73 Å². The Hall–Kier alpha value is -2.07. The molecule has 0 saturated carbocycles. The Labute approximate surface area is 112 Å². The molecule has 0 spiro atoms. The first-order chi connectivity index (χ1) is 9.04. The van der Waals surface area contributed by atoms with Gasteiger partial charge in [-0.25, -0.2) is 0 Å². The zero-order valence-electron chi connectivity index (χ0n) is 11.0. The number of carbonyl (C=O) groups excluding carboxylic acids is 1. The van der Waals surface area contributed by atoms with Gasteiger partial charge >= 0.3 is 0 Å². The lowest BCUT2D eigenvalue weighted by atomic mass is 10.0. The molecule has 0 aromatic heterocycles. The molecule has 3 N–H and O–H groups in total. The van der Waals surface area contributed by atoms with E-state index in [0.29, 0.717) is 13.0 Å². The molecule has 0 radical (unpaired) electrons. The number of anilines is 1. The Bertz CT molecular complexity index is 545. The number of benzene rings is 1. The minimum Gasteiger partial charge on any atom is -0.513 e. The number of aliphatic hydroxyl groups is 1. The maximum Gasteiger partial charge on any atom is 0.243 e. The summed E-state index contributed by atoms with van der Waals surface area (Å²) in [5.41, 5.74) is 8.18. The largest absolute Gasteiger partial charge is 0.513 e. The van der Waals surface area contributed by atoms with E-state index in [2.05, 4.69) is 6.58 Å². The normalized spacial score (nSPS) is 19.9. The van der Waals surface area contributed by atoms with Gasteiger partial charge in [-0.2, -0.15) is 0 Å². The molecule has 1 aliphatic heterocycles. The van der Waals surface area contributed by atoms with Gasteiger partial charge in [0, 0.05) is 12.1 Å². The Morgan fingerprint density at radius 3 is 2.84 bits per heavy atom. The van der Waals surface area contributed by atoms with Crippen LogP contribution in [0.4, 0.5) is 5.69 Å². The van der Waals surface area contributed by atoms with Crippen LogP contribution in [0.2, 0.25) is 0 Å². The van der Waals surface area contributed by atoms with E-state index in [1.807, 2.05) is 18.2 Å². The van der Waals surface area contributed by atoms with Crippen molar-refractivity contribution in [1.29, 1.82) is 0 Å². The quantitative estimate of drug-likeness (QED) is 0.818. The van der Waals surface area contributed by atoms with E-state index < -0.39 is 6.04 Å². The van der Waals surface area contributed by atoms with Crippen LogP contribution in [0.1, 0.15) is 24.5 Å². The molecule has 1 aromatic rings. The average Bonchev–Trinajstić information content (AvgIpc) is 2.70. The summed E-state index contributed by atoms with van der Waals surface area (Å²) in [5, 5.41) is 9.51. The van der Waals surface area contributed by atoms with Crippen molar-refractivity contribution in [3.63, 3.8) is 0 Å². The topological polar surface area (TPSA) is 66.6 Å². The predicted molar refractivity (Wildman–Crippen MR) is 77.8 cm³/mol. The summed E-state index contributed by atoms with van der Waals surface area (Å²) < 4.78 is 0. The zero-order chi connectivity index (χ0) is 14.0. The molecule has 19 heavy (non-hydrogen) atoms. The Morgan fingerprint density at radius 1 is 1.58 bits per heavy atom. The van der Waals surface area contributed by atoms with Crippen molar-refractivity contribution in [1.82, 2.24) is 0 Å². The number of hydrogen-bond donors (Lipinski definition) is 2. The van der Waals surface area contributed by atoms with Crippen LogP contribution >= 0.6 is 0 Å². The first-order valence-corrected chi connectivity index (χ1v) is 6.24. The highest BCUT2D eigenvalue weighted by molar-refractivity contribution is 6.01. The summed E-state index contributed by atoms with van der Waals surface area (Å²) >= 11 is 0. The zero-order valence-corrected chi connectivity index (χ0v) is 11.0. The maximum atomic E-state index is 12.0. The molecule has 1 saturated heterocycles. The van der Waals surface area contributed by atoms with Crippen molar-refractivity contribution in [2.45, 2.75) is 19.4 Å². The second-order valence-corrected chi connectivity index (χ2v) is 4.65. The summed E-state index contributed by atoms with van der Waals surface area (Å²) in [6.07, 6.45) is 4.00. The van der Waals surface area contributed by atoms with E-state index in [-0.39, 0.29) is 11.7 Å². The Morgan fingerprint density at radius 2 is 2.32 bits per heavy atom. The molecular formula is C15H18N2O2. The monoisotopic (exact) mass is 258 g/mol. The third kappa shape index (κ3) is 2.53. The van der Waals surface area contributed by atoms with Crippen molar-refractivity contribution in [3.05, 3.63) is 41.7 Å². The molecule has 1 aliphatic rings. The highest BCUT2D eigenvalue weighted by Crippen LogP contribution is 2.30. The van der Waals surface area contributed by atoms with E-state index >= 15 is 0 Å². The summed E-state index contributed by atoms with van der Waals surface area (Å²) in [6.45, 7) is 5.96. The molecule has 0 bridgehead atoms. The number of amides is 1. The van der Waals surface area contributed by atoms with Gasteiger partial charge in [-0.15, -0.1) is 0 Å². The highest BCUT2D eigenvalue weighted by atomic mass is 16.3. The van der Waals surface area contributed by atoms with Gasteiger partial charge in [-0.3, -0.25) is 4.79 Å². The van der Waals surface area contributed by atoms with Crippen molar-refractivity contribution in [2.75, 3.05) is 11.4 Å². The number of allylic oxidation sites excluding steroid dienone is 1. The molecule has 2 rings (SSSR count). The number of carbonyl (C=O) groups is 1. The number of aliphatic hydroxyl groups excluding tert-OH is 1. The molecule has 1 atom stereocenters.